The van der Waals surface area contributed by atoms with Crippen LogP contribution in [0, 0.1) is 0 Å². The molecular formula is C59H74O8. The Morgan fingerprint density at radius 1 is 0.448 bits per heavy atom. The van der Waals surface area contributed by atoms with Gasteiger partial charge in [-0.3, -0.25) is 0 Å². The van der Waals surface area contributed by atoms with Crippen LogP contribution in [-0.2, 0) is 73.0 Å². The highest BCUT2D eigenvalue weighted by Crippen LogP contribution is 2.44. The summed E-state index contributed by atoms with van der Waals surface area (Å²) in [6.45, 7) is 30.2. The molecule has 0 aliphatic heterocycles. The van der Waals surface area contributed by atoms with E-state index in [4.69, 9.17) is 23.7 Å². The van der Waals surface area contributed by atoms with Crippen LogP contribution in [0.1, 0.15) is 169 Å². The Bertz CT molecular complexity index is 2440. The lowest BCUT2D eigenvalue weighted by atomic mass is 9.79. The molecule has 0 radical (unpaired) electrons. The van der Waals surface area contributed by atoms with Gasteiger partial charge in [-0.2, -0.15) is 0 Å². The number of aromatic hydroxyl groups is 1. The topological polar surface area (TPSA) is 101 Å². The first kappa shape index (κ1) is 50.6. The van der Waals surface area contributed by atoms with Crippen LogP contribution >= 0.6 is 0 Å². The van der Waals surface area contributed by atoms with Gasteiger partial charge in [-0.25, -0.2) is 9.59 Å². The molecule has 0 fully saturated rings. The minimum absolute atomic E-state index is 0.176. The zero-order valence-electron chi connectivity index (χ0n) is 42.7. The van der Waals surface area contributed by atoms with E-state index in [1.807, 2.05) is 18.2 Å². The number of benzene rings is 5. The van der Waals surface area contributed by atoms with Crippen molar-refractivity contribution in [3.63, 3.8) is 0 Å². The van der Waals surface area contributed by atoms with Crippen molar-refractivity contribution in [2.45, 2.75) is 151 Å². The summed E-state index contributed by atoms with van der Waals surface area (Å²) < 4.78 is 31.2. The standard InChI is InChI=1S/C59H74O8/c1-15-63-50(60)35-66-54-40-22-38-26-46(56(3,4)5)27-39(52(38)62)23-41-29-48(58(9,10)11)33-45(55(41)67-36-51(61)64-16-2)25-43-31-49(59(12,13)14)30-42(24-44(54)32-47(28-40)57(6,7)8)53(43)65-34-37-20-18-17-19-21-37/h17-21,26-33,62H,15-16,22-25,34-36H2,1-14H3. The Morgan fingerprint density at radius 3 is 1.03 bits per heavy atom. The minimum Gasteiger partial charge on any atom is -0.507 e. The normalized spacial score (nSPS) is 13.2. The lowest BCUT2D eigenvalue weighted by Gasteiger charge is -2.29. The quantitative estimate of drug-likeness (QED) is 0.128. The Hall–Kier alpha value is -5.76. The minimum atomic E-state index is -0.457. The summed E-state index contributed by atoms with van der Waals surface area (Å²) >= 11 is 0. The van der Waals surface area contributed by atoms with E-state index in [0.717, 1.165) is 78.1 Å². The van der Waals surface area contributed by atoms with Crippen molar-refractivity contribution in [1.29, 1.82) is 0 Å². The lowest BCUT2D eigenvalue weighted by molar-refractivity contribution is -0.146. The number of hydrogen-bond acceptors (Lipinski definition) is 8. The van der Waals surface area contributed by atoms with Gasteiger partial charge >= 0.3 is 11.9 Å². The number of hydrogen-bond donors (Lipinski definition) is 1. The van der Waals surface area contributed by atoms with Crippen molar-refractivity contribution < 1.29 is 38.4 Å². The van der Waals surface area contributed by atoms with Gasteiger partial charge in [0, 0.05) is 25.7 Å². The highest BCUT2D eigenvalue weighted by atomic mass is 16.6. The number of phenols is 1. The van der Waals surface area contributed by atoms with E-state index in [9.17, 15) is 14.7 Å². The number of carbonyl (C=O) groups excluding carboxylic acids is 2. The second-order valence-corrected chi connectivity index (χ2v) is 22.2. The molecule has 0 saturated heterocycles. The Labute approximate surface area is 400 Å². The van der Waals surface area contributed by atoms with Gasteiger partial charge in [0.25, 0.3) is 0 Å². The summed E-state index contributed by atoms with van der Waals surface area (Å²) in [6, 6.07) is 27.6. The SMILES string of the molecule is CCOC(=O)COc1c2cc(C(C)(C)C)cc1Cc1cc(C(C)(C)C)cc(c1OCc1ccccc1)Cc1cc(C(C)(C)C)cc(c1OCC(=O)OCC)Cc1cc(C(C)(C)C)cc(c1O)C2. The lowest BCUT2D eigenvalue weighted by Crippen LogP contribution is -2.19. The first-order chi connectivity index (χ1) is 31.3. The van der Waals surface area contributed by atoms with Crippen molar-refractivity contribution in [2.75, 3.05) is 26.4 Å². The molecule has 5 aromatic carbocycles. The molecule has 358 valence electrons. The molecule has 1 N–H and O–H groups in total. The molecule has 1 aliphatic carbocycles. The molecule has 0 spiro atoms. The molecule has 67 heavy (non-hydrogen) atoms. The van der Waals surface area contributed by atoms with Crippen LogP contribution in [0.15, 0.2) is 78.9 Å². The van der Waals surface area contributed by atoms with Crippen molar-refractivity contribution >= 4 is 11.9 Å². The number of esters is 2. The average Bonchev–Trinajstić information content (AvgIpc) is 3.22. The van der Waals surface area contributed by atoms with Crippen LogP contribution in [0.3, 0.4) is 0 Å². The van der Waals surface area contributed by atoms with Crippen LogP contribution in [0.25, 0.3) is 0 Å². The third-order valence-electron chi connectivity index (χ3n) is 12.5. The average molecular weight is 911 g/mol. The van der Waals surface area contributed by atoms with E-state index < -0.39 is 11.9 Å². The van der Waals surface area contributed by atoms with Gasteiger partial charge in [-0.15, -0.1) is 0 Å². The van der Waals surface area contributed by atoms with Gasteiger partial charge < -0.3 is 28.8 Å². The zero-order chi connectivity index (χ0) is 49.1. The number of fused-ring (bicyclic) bond motifs is 8. The fourth-order valence-corrected chi connectivity index (χ4v) is 8.59. The van der Waals surface area contributed by atoms with Gasteiger partial charge in [0.2, 0.25) is 0 Å². The summed E-state index contributed by atoms with van der Waals surface area (Å²) in [6.07, 6.45) is 1.47. The van der Waals surface area contributed by atoms with E-state index in [2.05, 4.69) is 144 Å². The van der Waals surface area contributed by atoms with Crippen LogP contribution in [0.5, 0.6) is 23.0 Å². The molecule has 8 bridgehead atoms. The van der Waals surface area contributed by atoms with Crippen LogP contribution in [0.2, 0.25) is 0 Å². The first-order valence-electron chi connectivity index (χ1n) is 23.9. The molecule has 0 atom stereocenters. The second-order valence-electron chi connectivity index (χ2n) is 22.2. The van der Waals surface area contributed by atoms with E-state index in [-0.39, 0.29) is 53.8 Å². The fourth-order valence-electron chi connectivity index (χ4n) is 8.59. The smallest absolute Gasteiger partial charge is 0.344 e. The first-order valence-corrected chi connectivity index (χ1v) is 23.9. The molecule has 0 unspecified atom stereocenters. The van der Waals surface area contributed by atoms with E-state index in [1.165, 1.54) is 0 Å². The van der Waals surface area contributed by atoms with Crippen LogP contribution < -0.4 is 14.2 Å². The van der Waals surface area contributed by atoms with Gasteiger partial charge in [0.1, 0.15) is 29.6 Å². The number of phenolic OH excluding ortho intramolecular Hbond substituents is 1. The third kappa shape index (κ3) is 12.6. The Morgan fingerprint density at radius 2 is 0.731 bits per heavy atom. The molecule has 0 amide bonds. The van der Waals surface area contributed by atoms with Crippen molar-refractivity contribution in [3.8, 4) is 23.0 Å². The maximum absolute atomic E-state index is 13.1. The third-order valence-corrected chi connectivity index (χ3v) is 12.5. The summed E-state index contributed by atoms with van der Waals surface area (Å²) in [7, 11) is 0. The maximum Gasteiger partial charge on any atom is 0.344 e. The maximum atomic E-state index is 13.1. The van der Waals surface area contributed by atoms with Crippen molar-refractivity contribution in [2.24, 2.45) is 0 Å². The Kier molecular flexibility index (Phi) is 15.3. The molecule has 8 heteroatoms. The van der Waals surface area contributed by atoms with Gasteiger partial charge in [0.15, 0.2) is 13.2 Å². The largest absolute Gasteiger partial charge is 0.507 e. The molecule has 1 aliphatic rings. The highest BCUT2D eigenvalue weighted by Gasteiger charge is 2.29. The number of rotatable bonds is 11. The number of carbonyl (C=O) groups is 2. The van der Waals surface area contributed by atoms with Gasteiger partial charge in [-0.1, -0.05) is 162 Å². The fraction of sp³-hybridized carbons (Fsp3) is 0.458. The van der Waals surface area contributed by atoms with E-state index in [1.54, 1.807) is 13.8 Å². The molecule has 8 nitrogen and oxygen atoms in total. The summed E-state index contributed by atoms with van der Waals surface area (Å²) in [5.41, 5.74) is 11.2. The van der Waals surface area contributed by atoms with Gasteiger partial charge in [-0.05, 0) is 108 Å². The highest BCUT2D eigenvalue weighted by molar-refractivity contribution is 5.72. The van der Waals surface area contributed by atoms with Crippen LogP contribution in [-0.4, -0.2) is 43.5 Å². The van der Waals surface area contributed by atoms with E-state index in [0.29, 0.717) is 43.8 Å². The molecule has 5 aromatic rings. The van der Waals surface area contributed by atoms with Crippen molar-refractivity contribution in [1.82, 2.24) is 0 Å². The van der Waals surface area contributed by atoms with Crippen molar-refractivity contribution in [3.05, 3.63) is 151 Å². The monoisotopic (exact) mass is 911 g/mol. The molecule has 0 heterocycles. The Balaban J connectivity index is 1.76. The second kappa shape index (κ2) is 20.2. The zero-order valence-corrected chi connectivity index (χ0v) is 42.7. The summed E-state index contributed by atoms with van der Waals surface area (Å²) in [5.74, 6) is 1.18. The molecule has 6 rings (SSSR count). The predicted molar refractivity (Wildman–Crippen MR) is 268 cm³/mol. The molecular weight excluding hydrogens is 837 g/mol. The van der Waals surface area contributed by atoms with Crippen LogP contribution in [0.4, 0.5) is 0 Å². The molecule has 0 saturated carbocycles. The van der Waals surface area contributed by atoms with Gasteiger partial charge in [0.05, 0.1) is 13.2 Å². The number of ether oxygens (including phenoxy) is 5. The summed E-state index contributed by atoms with van der Waals surface area (Å²) in [4.78, 5) is 26.2. The molecule has 0 aromatic heterocycles. The predicted octanol–water partition coefficient (Wildman–Crippen LogP) is 12.7. The summed E-state index contributed by atoms with van der Waals surface area (Å²) in [5, 5.41) is 12.6. The van der Waals surface area contributed by atoms with E-state index >= 15 is 0 Å².